The van der Waals surface area contributed by atoms with Gasteiger partial charge in [-0.3, -0.25) is 0 Å². The quantitative estimate of drug-likeness (QED) is 0.316. The van der Waals surface area contributed by atoms with Crippen LogP contribution in [0.1, 0.15) is 48.8 Å². The molecule has 0 aliphatic heterocycles. The fraction of sp³-hybridized carbons (Fsp3) is 0.257. The monoisotopic (exact) mass is 484 g/mol. The molecule has 3 aliphatic rings. The van der Waals surface area contributed by atoms with Gasteiger partial charge in [0.15, 0.2) is 0 Å². The molecule has 7 rings (SSSR count). The molecular weight excluding hydrogens is 452 g/mol. The molecule has 3 aliphatic carbocycles. The summed E-state index contributed by atoms with van der Waals surface area (Å²) in [5.41, 5.74) is 6.84. The summed E-state index contributed by atoms with van der Waals surface area (Å²) < 4.78 is 5.48. The summed E-state index contributed by atoms with van der Waals surface area (Å²) in [6, 6.07) is 28.3. The van der Waals surface area contributed by atoms with Crippen LogP contribution in [0.2, 0.25) is 0 Å². The number of fused-ring (bicyclic) bond motifs is 7. The van der Waals surface area contributed by atoms with E-state index in [1.54, 1.807) is 7.11 Å². The molecule has 0 heterocycles. The fourth-order valence-electron chi connectivity index (χ4n) is 7.74. The second-order valence-corrected chi connectivity index (χ2v) is 11.0. The van der Waals surface area contributed by atoms with Gasteiger partial charge in [-0.05, 0) is 95.5 Å². The molecule has 1 unspecified atom stereocenters. The molecule has 2 nitrogen and oxygen atoms in total. The van der Waals surface area contributed by atoms with E-state index in [0.29, 0.717) is 11.7 Å². The molecule has 37 heavy (non-hydrogen) atoms. The number of allylic oxidation sites excluding steroid dienone is 4. The van der Waals surface area contributed by atoms with Crippen LogP contribution in [0, 0.1) is 5.92 Å². The summed E-state index contributed by atoms with van der Waals surface area (Å²) >= 11 is 0. The predicted octanol–water partition coefficient (Wildman–Crippen LogP) is 8.46. The molecule has 0 amide bonds. The Kier molecular flexibility index (Phi) is 5.08. The normalized spacial score (nSPS) is 25.8. The molecule has 4 aromatic carbocycles. The van der Waals surface area contributed by atoms with Crippen molar-refractivity contribution in [1.29, 1.82) is 0 Å². The highest BCUT2D eigenvalue weighted by atomic mass is 16.5. The lowest BCUT2D eigenvalue weighted by molar-refractivity contribution is 0.177. The van der Waals surface area contributed by atoms with E-state index >= 15 is 0 Å². The van der Waals surface area contributed by atoms with E-state index in [1.807, 2.05) is 12.1 Å². The average Bonchev–Trinajstić information content (AvgIpc) is 3.23. The van der Waals surface area contributed by atoms with Gasteiger partial charge in [0.05, 0.1) is 7.11 Å². The Labute approximate surface area is 218 Å². The number of hydrogen-bond donors (Lipinski definition) is 1. The molecule has 4 aromatic rings. The molecule has 184 valence electrons. The number of benzene rings is 4. The van der Waals surface area contributed by atoms with Crippen LogP contribution in [-0.4, -0.2) is 12.2 Å². The van der Waals surface area contributed by atoms with Gasteiger partial charge >= 0.3 is 0 Å². The van der Waals surface area contributed by atoms with Crippen molar-refractivity contribution in [1.82, 2.24) is 0 Å². The minimum atomic E-state index is -0.0793. The Morgan fingerprint density at radius 2 is 1.57 bits per heavy atom. The van der Waals surface area contributed by atoms with E-state index in [-0.39, 0.29) is 10.8 Å². The number of phenols is 1. The maximum Gasteiger partial charge on any atom is 0.123 e. The number of ether oxygens (including phenoxy) is 1. The van der Waals surface area contributed by atoms with Crippen LogP contribution >= 0.6 is 0 Å². The minimum Gasteiger partial charge on any atom is -0.507 e. The average molecular weight is 485 g/mol. The molecule has 0 saturated heterocycles. The molecule has 0 radical (unpaired) electrons. The highest BCUT2D eigenvalue weighted by Crippen LogP contribution is 2.62. The van der Waals surface area contributed by atoms with Gasteiger partial charge in [-0.1, -0.05) is 78.9 Å². The number of rotatable bonds is 3. The lowest BCUT2D eigenvalue weighted by atomic mass is 9.54. The minimum absolute atomic E-state index is 0.0793. The third kappa shape index (κ3) is 3.18. The van der Waals surface area contributed by atoms with Crippen molar-refractivity contribution in [3.05, 3.63) is 120 Å². The molecule has 1 atom stereocenters. The van der Waals surface area contributed by atoms with Gasteiger partial charge in [0.25, 0.3) is 0 Å². The zero-order chi connectivity index (χ0) is 25.0. The lowest BCUT2D eigenvalue weighted by Gasteiger charge is -2.50. The van der Waals surface area contributed by atoms with Crippen LogP contribution in [-0.2, 0) is 10.8 Å². The summed E-state index contributed by atoms with van der Waals surface area (Å²) in [5, 5.41) is 13.2. The Morgan fingerprint density at radius 3 is 2.32 bits per heavy atom. The van der Waals surface area contributed by atoms with Crippen molar-refractivity contribution >= 4 is 10.8 Å². The van der Waals surface area contributed by atoms with Crippen LogP contribution in [0.25, 0.3) is 21.9 Å². The van der Waals surface area contributed by atoms with Crippen molar-refractivity contribution < 1.29 is 9.84 Å². The highest BCUT2D eigenvalue weighted by molar-refractivity contribution is 6.05. The summed E-state index contributed by atoms with van der Waals surface area (Å²) in [5.74, 6) is 1.62. The fourth-order valence-corrected chi connectivity index (χ4v) is 7.74. The first-order valence-electron chi connectivity index (χ1n) is 13.5. The first-order valence-corrected chi connectivity index (χ1v) is 13.5. The van der Waals surface area contributed by atoms with Gasteiger partial charge in [-0.25, -0.2) is 0 Å². The van der Waals surface area contributed by atoms with Crippen molar-refractivity contribution in [3.8, 4) is 22.6 Å². The maximum absolute atomic E-state index is 11.3. The van der Waals surface area contributed by atoms with E-state index in [1.165, 1.54) is 27.8 Å². The number of hydrogen-bond acceptors (Lipinski definition) is 2. The molecule has 0 bridgehead atoms. The van der Waals surface area contributed by atoms with E-state index in [2.05, 4.69) is 91.0 Å². The Morgan fingerprint density at radius 1 is 0.784 bits per heavy atom. The van der Waals surface area contributed by atoms with Crippen LogP contribution in [0.4, 0.5) is 0 Å². The highest BCUT2D eigenvalue weighted by Gasteiger charge is 2.52. The van der Waals surface area contributed by atoms with Crippen molar-refractivity contribution in [2.24, 2.45) is 5.92 Å². The van der Waals surface area contributed by atoms with Gasteiger partial charge in [-0.15, -0.1) is 0 Å². The smallest absolute Gasteiger partial charge is 0.123 e. The lowest BCUT2D eigenvalue weighted by Crippen LogP contribution is -2.43. The van der Waals surface area contributed by atoms with E-state index in [0.717, 1.165) is 48.6 Å². The van der Waals surface area contributed by atoms with Crippen LogP contribution in [0.5, 0.6) is 11.5 Å². The molecule has 1 N–H and O–H groups in total. The first-order chi connectivity index (χ1) is 18.2. The molecular formula is C35H32O2. The molecule has 0 aromatic heterocycles. The Hall–Kier alpha value is -3.78. The maximum atomic E-state index is 11.3. The second kappa shape index (κ2) is 8.38. The summed E-state index contributed by atoms with van der Waals surface area (Å²) in [7, 11) is 1.67. The summed E-state index contributed by atoms with van der Waals surface area (Å²) in [6.07, 6.45) is 14.7. The number of aromatic hydroxyl groups is 1. The van der Waals surface area contributed by atoms with Crippen molar-refractivity contribution in [2.75, 3.05) is 7.11 Å². The third-order valence-electron chi connectivity index (χ3n) is 9.58. The van der Waals surface area contributed by atoms with E-state index in [9.17, 15) is 5.11 Å². The summed E-state index contributed by atoms with van der Waals surface area (Å²) in [4.78, 5) is 0. The van der Waals surface area contributed by atoms with Gasteiger partial charge in [0.1, 0.15) is 11.5 Å². The topological polar surface area (TPSA) is 29.5 Å². The standard InChI is InChI=1S/C35H32O2/c1-37-26-16-17-27-29(22-26)32(36)23-31-33(27)28-14-8-9-15-30(28)35(31)20-18-34(19-21-35,24-10-4-2-5-11-24)25-12-6-3-7-13-25/h2-12,14-17,22-23,25,36H,13,18-21H2,1H3. The molecule has 1 spiro atoms. The Bertz CT molecular complexity index is 1550. The largest absolute Gasteiger partial charge is 0.507 e. The van der Waals surface area contributed by atoms with E-state index in [4.69, 9.17) is 4.74 Å². The molecule has 1 fully saturated rings. The zero-order valence-corrected chi connectivity index (χ0v) is 21.3. The predicted molar refractivity (Wildman–Crippen MR) is 151 cm³/mol. The Balaban J connectivity index is 1.39. The van der Waals surface area contributed by atoms with E-state index < -0.39 is 0 Å². The zero-order valence-electron chi connectivity index (χ0n) is 21.3. The second-order valence-electron chi connectivity index (χ2n) is 11.0. The molecule has 2 heteroatoms. The van der Waals surface area contributed by atoms with Gasteiger partial charge in [-0.2, -0.15) is 0 Å². The number of methoxy groups -OCH3 is 1. The van der Waals surface area contributed by atoms with Gasteiger partial charge in [0, 0.05) is 16.2 Å². The van der Waals surface area contributed by atoms with Crippen LogP contribution < -0.4 is 4.74 Å². The van der Waals surface area contributed by atoms with Crippen LogP contribution in [0.15, 0.2) is 103 Å². The van der Waals surface area contributed by atoms with Crippen LogP contribution in [0.3, 0.4) is 0 Å². The number of phenolic OH excluding ortho intramolecular Hbond substituents is 1. The first kappa shape index (κ1) is 22.4. The SMILES string of the molecule is COc1ccc2c3c(cc(O)c2c1)C1(CCC(c2ccccc2)(C2C=CC=CC2)CC1)c1ccccc1-3. The molecule has 1 saturated carbocycles. The summed E-state index contributed by atoms with van der Waals surface area (Å²) in [6.45, 7) is 0. The van der Waals surface area contributed by atoms with Crippen molar-refractivity contribution in [3.63, 3.8) is 0 Å². The van der Waals surface area contributed by atoms with Crippen molar-refractivity contribution in [2.45, 2.75) is 42.9 Å². The van der Waals surface area contributed by atoms with Gasteiger partial charge in [0.2, 0.25) is 0 Å². The van der Waals surface area contributed by atoms with Gasteiger partial charge < -0.3 is 9.84 Å². The third-order valence-corrected chi connectivity index (χ3v) is 9.58.